The molecule has 1 aromatic rings. The zero-order valence-electron chi connectivity index (χ0n) is 12.7. The molecule has 3 nitrogen and oxygen atoms in total. The van der Waals surface area contributed by atoms with E-state index in [9.17, 15) is 0 Å². The van der Waals surface area contributed by atoms with E-state index < -0.39 is 0 Å². The number of hydrogen-bond donors (Lipinski definition) is 1. The molecule has 1 heterocycles. The van der Waals surface area contributed by atoms with Crippen molar-refractivity contribution in [1.82, 2.24) is 10.3 Å². The van der Waals surface area contributed by atoms with Gasteiger partial charge in [0, 0.05) is 18.5 Å². The van der Waals surface area contributed by atoms with Crippen LogP contribution in [-0.4, -0.2) is 25.2 Å². The van der Waals surface area contributed by atoms with Crippen molar-refractivity contribution in [1.29, 1.82) is 0 Å². The SMILES string of the molecule is CCC1CCC(NCCOC)(c2nc3c(s2)CCC3)C1. The zero-order chi connectivity index (χ0) is 14.0. The molecule has 3 rings (SSSR count). The predicted octanol–water partition coefficient (Wildman–Crippen LogP) is 3.27. The Morgan fingerprint density at radius 2 is 2.35 bits per heavy atom. The summed E-state index contributed by atoms with van der Waals surface area (Å²) in [4.78, 5) is 6.56. The summed E-state index contributed by atoms with van der Waals surface area (Å²) in [5.74, 6) is 0.851. The molecule has 2 unspecified atom stereocenters. The van der Waals surface area contributed by atoms with Crippen LogP contribution in [0, 0.1) is 5.92 Å². The van der Waals surface area contributed by atoms with Gasteiger partial charge >= 0.3 is 0 Å². The van der Waals surface area contributed by atoms with Crippen LogP contribution in [0.1, 0.15) is 54.6 Å². The molecule has 0 aliphatic heterocycles. The molecular formula is C16H26N2OS. The van der Waals surface area contributed by atoms with E-state index in [0.717, 1.165) is 19.1 Å². The van der Waals surface area contributed by atoms with Crippen LogP contribution in [0.15, 0.2) is 0 Å². The first-order valence-corrected chi connectivity index (χ1v) is 8.82. The number of aryl methyl sites for hydroxylation is 2. The standard InChI is InChI=1S/C16H26N2OS/c1-3-12-7-8-16(11-12,17-9-10-19-2)15-18-13-5-4-6-14(13)20-15/h12,17H,3-11H2,1-2H3. The van der Waals surface area contributed by atoms with Gasteiger partial charge in [-0.15, -0.1) is 11.3 Å². The minimum absolute atomic E-state index is 0.133. The highest BCUT2D eigenvalue weighted by atomic mass is 32.1. The smallest absolute Gasteiger partial charge is 0.113 e. The second-order valence-corrected chi connectivity index (χ2v) is 7.34. The molecule has 1 N–H and O–H groups in total. The van der Waals surface area contributed by atoms with Gasteiger partial charge in [0.15, 0.2) is 0 Å². The third kappa shape index (κ3) is 2.66. The van der Waals surface area contributed by atoms with Crippen molar-refractivity contribution >= 4 is 11.3 Å². The van der Waals surface area contributed by atoms with Crippen LogP contribution in [0.2, 0.25) is 0 Å². The summed E-state index contributed by atoms with van der Waals surface area (Å²) in [7, 11) is 1.77. The number of hydrogen-bond acceptors (Lipinski definition) is 4. The van der Waals surface area contributed by atoms with E-state index in [1.165, 1.54) is 55.6 Å². The molecule has 1 aromatic heterocycles. The maximum absolute atomic E-state index is 5.22. The molecule has 2 atom stereocenters. The van der Waals surface area contributed by atoms with Crippen LogP contribution >= 0.6 is 11.3 Å². The lowest BCUT2D eigenvalue weighted by Gasteiger charge is -2.29. The first kappa shape index (κ1) is 14.5. The van der Waals surface area contributed by atoms with Crippen molar-refractivity contribution in [3.63, 3.8) is 0 Å². The molecule has 0 spiro atoms. The molecule has 0 amide bonds. The highest BCUT2D eigenvalue weighted by Crippen LogP contribution is 2.46. The number of aromatic nitrogens is 1. The Kier molecular flexibility index (Phi) is 4.43. The minimum Gasteiger partial charge on any atom is -0.383 e. The molecule has 20 heavy (non-hydrogen) atoms. The van der Waals surface area contributed by atoms with Crippen molar-refractivity contribution in [3.8, 4) is 0 Å². The quantitative estimate of drug-likeness (QED) is 0.818. The first-order valence-electron chi connectivity index (χ1n) is 8.00. The van der Waals surface area contributed by atoms with Gasteiger partial charge in [-0.3, -0.25) is 0 Å². The Morgan fingerprint density at radius 3 is 3.05 bits per heavy atom. The summed E-state index contributed by atoms with van der Waals surface area (Å²) >= 11 is 1.97. The summed E-state index contributed by atoms with van der Waals surface area (Å²) in [6.07, 6.45) is 8.85. The molecule has 0 aromatic carbocycles. The molecule has 2 aliphatic rings. The fraction of sp³-hybridized carbons (Fsp3) is 0.812. The number of methoxy groups -OCH3 is 1. The molecule has 1 saturated carbocycles. The third-order valence-corrected chi connectivity index (χ3v) is 6.33. The number of nitrogens with one attached hydrogen (secondary N) is 1. The topological polar surface area (TPSA) is 34.1 Å². The Morgan fingerprint density at radius 1 is 1.45 bits per heavy atom. The first-order chi connectivity index (χ1) is 9.77. The van der Waals surface area contributed by atoms with Crippen molar-refractivity contribution in [2.45, 2.75) is 57.4 Å². The van der Waals surface area contributed by atoms with Crippen molar-refractivity contribution < 1.29 is 4.74 Å². The third-order valence-electron chi connectivity index (χ3n) is 4.97. The minimum atomic E-state index is 0.133. The van der Waals surface area contributed by atoms with E-state index in [1.807, 2.05) is 11.3 Å². The van der Waals surface area contributed by atoms with Crippen LogP contribution in [-0.2, 0) is 23.1 Å². The lowest BCUT2D eigenvalue weighted by Crippen LogP contribution is -2.42. The summed E-state index contributed by atoms with van der Waals surface area (Å²) in [6.45, 7) is 4.03. The number of rotatable bonds is 6. The molecule has 1 fully saturated rings. The maximum atomic E-state index is 5.22. The summed E-state index contributed by atoms with van der Waals surface area (Å²) < 4.78 is 5.22. The van der Waals surface area contributed by atoms with Gasteiger partial charge in [-0.1, -0.05) is 13.3 Å². The highest BCUT2D eigenvalue weighted by molar-refractivity contribution is 7.12. The second kappa shape index (κ2) is 6.12. The molecule has 0 radical (unpaired) electrons. The van der Waals surface area contributed by atoms with Gasteiger partial charge in [0.05, 0.1) is 17.8 Å². The highest BCUT2D eigenvalue weighted by Gasteiger charge is 2.42. The van der Waals surface area contributed by atoms with Gasteiger partial charge in [0.2, 0.25) is 0 Å². The summed E-state index contributed by atoms with van der Waals surface area (Å²) in [5, 5.41) is 5.14. The second-order valence-electron chi connectivity index (χ2n) is 6.26. The number of nitrogens with zero attached hydrogens (tertiary/aromatic N) is 1. The number of fused-ring (bicyclic) bond motifs is 1. The normalized spacial score (nSPS) is 29.0. The van der Waals surface area contributed by atoms with Gasteiger partial charge < -0.3 is 10.1 Å². The molecule has 0 bridgehead atoms. The van der Waals surface area contributed by atoms with Gasteiger partial charge in [-0.05, 0) is 44.4 Å². The number of thiazole rings is 1. The molecule has 112 valence electrons. The van der Waals surface area contributed by atoms with Crippen LogP contribution in [0.5, 0.6) is 0 Å². The van der Waals surface area contributed by atoms with Crippen LogP contribution in [0.25, 0.3) is 0 Å². The number of ether oxygens (including phenoxy) is 1. The Balaban J connectivity index is 1.81. The van der Waals surface area contributed by atoms with Crippen LogP contribution in [0.3, 0.4) is 0 Å². The van der Waals surface area contributed by atoms with Crippen LogP contribution < -0.4 is 5.32 Å². The van der Waals surface area contributed by atoms with E-state index in [-0.39, 0.29) is 5.54 Å². The van der Waals surface area contributed by atoms with Crippen molar-refractivity contribution in [2.24, 2.45) is 5.92 Å². The average Bonchev–Trinajstić information content (AvgIpc) is 3.12. The summed E-state index contributed by atoms with van der Waals surface area (Å²) in [5.41, 5.74) is 1.52. The van der Waals surface area contributed by atoms with Gasteiger partial charge in [0.1, 0.15) is 5.01 Å². The average molecular weight is 294 g/mol. The largest absolute Gasteiger partial charge is 0.383 e. The molecular weight excluding hydrogens is 268 g/mol. The maximum Gasteiger partial charge on any atom is 0.113 e. The predicted molar refractivity (Wildman–Crippen MR) is 83.3 cm³/mol. The lowest BCUT2D eigenvalue weighted by atomic mass is 9.95. The van der Waals surface area contributed by atoms with E-state index in [2.05, 4.69) is 12.2 Å². The fourth-order valence-electron chi connectivity index (χ4n) is 3.71. The molecule has 4 heteroatoms. The van der Waals surface area contributed by atoms with Gasteiger partial charge in [0.25, 0.3) is 0 Å². The van der Waals surface area contributed by atoms with E-state index in [0.29, 0.717) is 0 Å². The Labute approximate surface area is 126 Å². The molecule has 2 aliphatic carbocycles. The Bertz CT molecular complexity index is 438. The van der Waals surface area contributed by atoms with Gasteiger partial charge in [-0.2, -0.15) is 0 Å². The Hall–Kier alpha value is -0.450. The summed E-state index contributed by atoms with van der Waals surface area (Å²) in [6, 6.07) is 0. The lowest BCUT2D eigenvalue weighted by molar-refractivity contribution is 0.182. The monoisotopic (exact) mass is 294 g/mol. The zero-order valence-corrected chi connectivity index (χ0v) is 13.5. The fourth-order valence-corrected chi connectivity index (χ4v) is 5.07. The van der Waals surface area contributed by atoms with Gasteiger partial charge in [-0.25, -0.2) is 4.98 Å². The van der Waals surface area contributed by atoms with E-state index in [4.69, 9.17) is 9.72 Å². The van der Waals surface area contributed by atoms with Crippen LogP contribution in [0.4, 0.5) is 0 Å². The van der Waals surface area contributed by atoms with Crippen molar-refractivity contribution in [2.75, 3.05) is 20.3 Å². The van der Waals surface area contributed by atoms with Crippen molar-refractivity contribution in [3.05, 3.63) is 15.6 Å². The van der Waals surface area contributed by atoms with E-state index in [1.54, 1.807) is 12.0 Å². The van der Waals surface area contributed by atoms with E-state index >= 15 is 0 Å². The molecule has 0 saturated heterocycles.